The number of halogens is 1. The Morgan fingerprint density at radius 3 is 3.00 bits per heavy atom. The summed E-state index contributed by atoms with van der Waals surface area (Å²) in [5, 5.41) is 1.90. The fourth-order valence-corrected chi connectivity index (χ4v) is 1.58. The van der Waals surface area contributed by atoms with Gasteiger partial charge in [-0.25, -0.2) is 0 Å². The quantitative estimate of drug-likeness (QED) is 0.691. The molecule has 62 valence electrons. The lowest BCUT2D eigenvalue weighted by Gasteiger charge is -1.95. The molecule has 1 aromatic carbocycles. The molecule has 0 saturated heterocycles. The minimum Gasteiger partial charge on any atom is -0.360 e. The van der Waals surface area contributed by atoms with E-state index in [0.717, 1.165) is 22.3 Å². The molecule has 0 radical (unpaired) electrons. The van der Waals surface area contributed by atoms with Crippen LogP contribution in [-0.2, 0) is 6.42 Å². The lowest BCUT2D eigenvalue weighted by molar-refractivity contribution is 1.14. The van der Waals surface area contributed by atoms with Gasteiger partial charge < -0.3 is 4.98 Å². The minimum atomic E-state index is 0.799. The monoisotopic (exact) mass is 179 g/mol. The van der Waals surface area contributed by atoms with Gasteiger partial charge in [0.05, 0.1) is 5.02 Å². The van der Waals surface area contributed by atoms with Crippen LogP contribution >= 0.6 is 11.6 Å². The molecule has 2 aromatic rings. The van der Waals surface area contributed by atoms with Gasteiger partial charge in [0.15, 0.2) is 0 Å². The molecule has 0 fully saturated rings. The molecule has 0 spiro atoms. The molecule has 1 nitrogen and oxygen atoms in total. The summed E-state index contributed by atoms with van der Waals surface area (Å²) in [4.78, 5) is 3.13. The first kappa shape index (κ1) is 7.69. The summed E-state index contributed by atoms with van der Waals surface area (Å²) in [6.07, 6.45) is 2.89. The summed E-state index contributed by atoms with van der Waals surface area (Å²) in [7, 11) is 0. The second-order valence-electron chi connectivity index (χ2n) is 2.87. The predicted octanol–water partition coefficient (Wildman–Crippen LogP) is 3.38. The normalized spacial score (nSPS) is 10.8. The highest BCUT2D eigenvalue weighted by Gasteiger charge is 2.00. The van der Waals surface area contributed by atoms with Gasteiger partial charge in [0.1, 0.15) is 0 Å². The van der Waals surface area contributed by atoms with Gasteiger partial charge >= 0.3 is 0 Å². The van der Waals surface area contributed by atoms with Crippen molar-refractivity contribution in [1.82, 2.24) is 4.98 Å². The topological polar surface area (TPSA) is 15.8 Å². The largest absolute Gasteiger partial charge is 0.360 e. The lowest BCUT2D eigenvalue weighted by Crippen LogP contribution is -1.78. The average Bonchev–Trinajstić information content (AvgIpc) is 2.47. The highest BCUT2D eigenvalue weighted by Crippen LogP contribution is 2.23. The molecule has 0 aliphatic carbocycles. The number of aromatic amines is 1. The third-order valence-corrected chi connectivity index (χ3v) is 2.42. The number of fused-ring (bicyclic) bond motifs is 1. The van der Waals surface area contributed by atoms with Crippen molar-refractivity contribution in [3.63, 3.8) is 0 Å². The molecule has 0 bridgehead atoms. The fraction of sp³-hybridized carbons (Fsp3) is 0.200. The first-order chi connectivity index (χ1) is 5.81. The van der Waals surface area contributed by atoms with E-state index >= 15 is 0 Å². The number of hydrogen-bond donors (Lipinski definition) is 1. The standard InChI is InChI=1S/C10H10ClN/c1-2-7-3-4-8-9(11)6-12-10(8)5-7/h3-6,12H,2H2,1H3. The second-order valence-corrected chi connectivity index (χ2v) is 3.28. The molecule has 2 rings (SSSR count). The first-order valence-corrected chi connectivity index (χ1v) is 4.44. The Morgan fingerprint density at radius 1 is 1.42 bits per heavy atom. The van der Waals surface area contributed by atoms with Crippen LogP contribution in [0.3, 0.4) is 0 Å². The smallest absolute Gasteiger partial charge is 0.0659 e. The van der Waals surface area contributed by atoms with Crippen molar-refractivity contribution in [3.8, 4) is 0 Å². The van der Waals surface area contributed by atoms with Crippen molar-refractivity contribution in [2.24, 2.45) is 0 Å². The van der Waals surface area contributed by atoms with Crippen molar-refractivity contribution in [3.05, 3.63) is 35.0 Å². The fourth-order valence-electron chi connectivity index (χ4n) is 1.36. The number of H-pyrrole nitrogens is 1. The van der Waals surface area contributed by atoms with Gasteiger partial charge in [0.25, 0.3) is 0 Å². The van der Waals surface area contributed by atoms with Crippen molar-refractivity contribution in [2.45, 2.75) is 13.3 Å². The van der Waals surface area contributed by atoms with E-state index in [1.165, 1.54) is 5.56 Å². The van der Waals surface area contributed by atoms with E-state index in [9.17, 15) is 0 Å². The van der Waals surface area contributed by atoms with Crippen LogP contribution in [0.5, 0.6) is 0 Å². The summed E-state index contributed by atoms with van der Waals surface area (Å²) in [5.74, 6) is 0. The summed E-state index contributed by atoms with van der Waals surface area (Å²) in [6.45, 7) is 2.14. The van der Waals surface area contributed by atoms with Gasteiger partial charge in [-0.3, -0.25) is 0 Å². The molecular formula is C10H10ClN. The van der Waals surface area contributed by atoms with Gasteiger partial charge in [-0.15, -0.1) is 0 Å². The molecule has 0 unspecified atom stereocenters. The van der Waals surface area contributed by atoms with Gasteiger partial charge in [0, 0.05) is 17.1 Å². The number of benzene rings is 1. The molecule has 2 heteroatoms. The number of rotatable bonds is 1. The Kier molecular flexibility index (Phi) is 1.81. The Labute approximate surface area is 76.4 Å². The molecule has 1 N–H and O–H groups in total. The van der Waals surface area contributed by atoms with Crippen molar-refractivity contribution >= 4 is 22.5 Å². The van der Waals surface area contributed by atoms with Gasteiger partial charge in [0.2, 0.25) is 0 Å². The zero-order valence-electron chi connectivity index (χ0n) is 6.89. The molecular weight excluding hydrogens is 170 g/mol. The van der Waals surface area contributed by atoms with E-state index in [4.69, 9.17) is 11.6 Å². The third kappa shape index (κ3) is 1.10. The Balaban J connectivity index is 2.69. The van der Waals surface area contributed by atoms with Crippen molar-refractivity contribution in [1.29, 1.82) is 0 Å². The van der Waals surface area contributed by atoms with E-state index in [2.05, 4.69) is 30.1 Å². The molecule has 0 saturated carbocycles. The van der Waals surface area contributed by atoms with E-state index in [-0.39, 0.29) is 0 Å². The van der Waals surface area contributed by atoms with E-state index < -0.39 is 0 Å². The first-order valence-electron chi connectivity index (χ1n) is 4.07. The Bertz CT molecular complexity index is 403. The van der Waals surface area contributed by atoms with Crippen LogP contribution in [0, 0.1) is 0 Å². The van der Waals surface area contributed by atoms with Crippen LogP contribution < -0.4 is 0 Å². The number of hydrogen-bond acceptors (Lipinski definition) is 0. The molecule has 0 atom stereocenters. The molecule has 0 aliphatic rings. The maximum atomic E-state index is 5.94. The van der Waals surface area contributed by atoms with Crippen LogP contribution in [0.15, 0.2) is 24.4 Å². The highest BCUT2D eigenvalue weighted by molar-refractivity contribution is 6.35. The zero-order valence-corrected chi connectivity index (χ0v) is 7.65. The Morgan fingerprint density at radius 2 is 2.25 bits per heavy atom. The summed E-state index contributed by atoms with van der Waals surface area (Å²) in [6, 6.07) is 6.32. The summed E-state index contributed by atoms with van der Waals surface area (Å²) < 4.78 is 0. The van der Waals surface area contributed by atoms with Crippen molar-refractivity contribution in [2.75, 3.05) is 0 Å². The second kappa shape index (κ2) is 2.83. The van der Waals surface area contributed by atoms with Crippen molar-refractivity contribution < 1.29 is 0 Å². The van der Waals surface area contributed by atoms with E-state index in [1.807, 2.05) is 6.20 Å². The van der Waals surface area contributed by atoms with Gasteiger partial charge in [-0.05, 0) is 18.1 Å². The lowest BCUT2D eigenvalue weighted by atomic mass is 10.1. The number of aryl methyl sites for hydroxylation is 1. The van der Waals surface area contributed by atoms with Gasteiger partial charge in [-0.1, -0.05) is 30.7 Å². The molecule has 12 heavy (non-hydrogen) atoms. The Hall–Kier alpha value is -0.950. The molecule has 1 heterocycles. The van der Waals surface area contributed by atoms with Crippen LogP contribution in [0.4, 0.5) is 0 Å². The third-order valence-electron chi connectivity index (χ3n) is 2.10. The highest BCUT2D eigenvalue weighted by atomic mass is 35.5. The van der Waals surface area contributed by atoms with Crippen LogP contribution in [0.2, 0.25) is 5.02 Å². The SMILES string of the molecule is CCc1ccc2c(Cl)c[nH]c2c1. The predicted molar refractivity (Wildman–Crippen MR) is 52.7 cm³/mol. The summed E-state index contributed by atoms with van der Waals surface area (Å²) >= 11 is 5.94. The molecule has 1 aromatic heterocycles. The number of nitrogens with one attached hydrogen (secondary N) is 1. The average molecular weight is 180 g/mol. The number of aromatic nitrogens is 1. The van der Waals surface area contributed by atoms with Crippen LogP contribution in [-0.4, -0.2) is 4.98 Å². The van der Waals surface area contributed by atoms with Crippen LogP contribution in [0.25, 0.3) is 10.9 Å². The van der Waals surface area contributed by atoms with E-state index in [0.29, 0.717) is 0 Å². The van der Waals surface area contributed by atoms with Gasteiger partial charge in [-0.2, -0.15) is 0 Å². The molecule has 0 aliphatic heterocycles. The minimum absolute atomic E-state index is 0.799. The summed E-state index contributed by atoms with van der Waals surface area (Å²) in [5.41, 5.74) is 2.46. The maximum Gasteiger partial charge on any atom is 0.0659 e. The van der Waals surface area contributed by atoms with E-state index in [1.54, 1.807) is 0 Å². The molecule has 0 amide bonds. The zero-order chi connectivity index (χ0) is 8.55. The van der Waals surface area contributed by atoms with Crippen LogP contribution in [0.1, 0.15) is 12.5 Å². The maximum absolute atomic E-state index is 5.94.